The van der Waals surface area contributed by atoms with Crippen molar-refractivity contribution in [3.8, 4) is 0 Å². The van der Waals surface area contributed by atoms with Gasteiger partial charge in [0.2, 0.25) is 0 Å². The lowest BCUT2D eigenvalue weighted by molar-refractivity contribution is -0.145. The SMILES string of the molecule is CC(C)(C)N1CCN(CCN2CC3(C2)CN(C(C)(C)C)C3)CC1. The topological polar surface area (TPSA) is 13.0 Å². The Morgan fingerprint density at radius 2 is 1.09 bits per heavy atom. The molecule has 0 amide bonds. The van der Waals surface area contributed by atoms with Crippen molar-refractivity contribution < 1.29 is 0 Å². The number of nitrogens with zero attached hydrogens (tertiary/aromatic N) is 4. The number of piperazine rings is 1. The molecule has 3 aliphatic heterocycles. The summed E-state index contributed by atoms with van der Waals surface area (Å²) in [6.45, 7) is 26.8. The average Bonchev–Trinajstić information content (AvgIpc) is 2.32. The predicted molar refractivity (Wildman–Crippen MR) is 98.0 cm³/mol. The molecule has 0 radical (unpaired) electrons. The summed E-state index contributed by atoms with van der Waals surface area (Å²) in [5.74, 6) is 0. The minimum atomic E-state index is 0.332. The summed E-state index contributed by atoms with van der Waals surface area (Å²) in [5.41, 5.74) is 1.34. The zero-order valence-electron chi connectivity index (χ0n) is 16.4. The Balaban J connectivity index is 1.31. The molecular formula is C19H38N4. The summed E-state index contributed by atoms with van der Waals surface area (Å²) >= 11 is 0. The summed E-state index contributed by atoms with van der Waals surface area (Å²) in [4.78, 5) is 10.6. The van der Waals surface area contributed by atoms with E-state index in [2.05, 4.69) is 61.1 Å². The largest absolute Gasteiger partial charge is 0.301 e. The molecule has 3 aliphatic rings. The second-order valence-electron chi connectivity index (χ2n) is 10.2. The highest BCUT2D eigenvalue weighted by Crippen LogP contribution is 2.42. The van der Waals surface area contributed by atoms with Gasteiger partial charge in [0.1, 0.15) is 0 Å². The lowest BCUT2D eigenvalue weighted by atomic mass is 9.71. The van der Waals surface area contributed by atoms with E-state index in [9.17, 15) is 0 Å². The summed E-state index contributed by atoms with van der Waals surface area (Å²) in [5, 5.41) is 0. The highest BCUT2D eigenvalue weighted by atomic mass is 15.4. The van der Waals surface area contributed by atoms with Crippen LogP contribution in [0.4, 0.5) is 0 Å². The lowest BCUT2D eigenvalue weighted by Gasteiger charge is -2.63. The first-order chi connectivity index (χ1) is 10.6. The maximum absolute atomic E-state index is 2.68. The smallest absolute Gasteiger partial charge is 0.0212 e. The Morgan fingerprint density at radius 3 is 1.57 bits per heavy atom. The quantitative estimate of drug-likeness (QED) is 0.786. The van der Waals surface area contributed by atoms with Crippen LogP contribution in [0.1, 0.15) is 41.5 Å². The van der Waals surface area contributed by atoms with E-state index in [1.54, 1.807) is 0 Å². The van der Waals surface area contributed by atoms with Gasteiger partial charge in [-0.1, -0.05) is 0 Å². The van der Waals surface area contributed by atoms with Crippen molar-refractivity contribution in [2.75, 3.05) is 65.4 Å². The van der Waals surface area contributed by atoms with Gasteiger partial charge in [0.25, 0.3) is 0 Å². The Kier molecular flexibility index (Phi) is 4.59. The van der Waals surface area contributed by atoms with E-state index >= 15 is 0 Å². The van der Waals surface area contributed by atoms with Crippen LogP contribution in [0.15, 0.2) is 0 Å². The van der Waals surface area contributed by atoms with Crippen LogP contribution < -0.4 is 0 Å². The normalized spacial score (nSPS) is 27.9. The van der Waals surface area contributed by atoms with Crippen molar-refractivity contribution in [3.63, 3.8) is 0 Å². The van der Waals surface area contributed by atoms with Crippen molar-refractivity contribution in [1.29, 1.82) is 0 Å². The maximum Gasteiger partial charge on any atom is 0.0212 e. The molecule has 4 nitrogen and oxygen atoms in total. The van der Waals surface area contributed by atoms with E-state index in [1.807, 2.05) is 0 Å². The van der Waals surface area contributed by atoms with Crippen LogP contribution in [0, 0.1) is 5.41 Å². The molecule has 0 aromatic rings. The maximum atomic E-state index is 2.68. The molecule has 0 bridgehead atoms. The van der Waals surface area contributed by atoms with Crippen LogP contribution in [-0.2, 0) is 0 Å². The number of likely N-dealkylation sites (tertiary alicyclic amines) is 2. The molecule has 3 saturated heterocycles. The number of rotatable bonds is 3. The molecule has 134 valence electrons. The van der Waals surface area contributed by atoms with Crippen LogP contribution in [0.3, 0.4) is 0 Å². The van der Waals surface area contributed by atoms with Gasteiger partial charge in [-0.3, -0.25) is 14.7 Å². The van der Waals surface area contributed by atoms with Gasteiger partial charge in [-0.05, 0) is 41.5 Å². The van der Waals surface area contributed by atoms with E-state index in [0.29, 0.717) is 16.5 Å². The lowest BCUT2D eigenvalue weighted by Crippen LogP contribution is -2.75. The Hall–Kier alpha value is -0.160. The molecule has 0 N–H and O–H groups in total. The summed E-state index contributed by atoms with van der Waals surface area (Å²) < 4.78 is 0. The molecule has 0 aromatic carbocycles. The second kappa shape index (κ2) is 5.98. The van der Waals surface area contributed by atoms with Crippen molar-refractivity contribution in [1.82, 2.24) is 19.6 Å². The molecule has 23 heavy (non-hydrogen) atoms. The minimum Gasteiger partial charge on any atom is -0.301 e. The standard InChI is InChI=1S/C19H38N4/c1-17(2,3)22-11-9-20(10-12-22)7-8-21-13-19(14-21)15-23(16-19)18(4,5)6/h7-16H2,1-6H3. The van der Waals surface area contributed by atoms with E-state index in [1.165, 1.54) is 65.4 Å². The first-order valence-electron chi connectivity index (χ1n) is 9.52. The van der Waals surface area contributed by atoms with E-state index < -0.39 is 0 Å². The zero-order chi connectivity index (χ0) is 16.9. The summed E-state index contributed by atoms with van der Waals surface area (Å²) in [7, 11) is 0. The molecule has 0 aliphatic carbocycles. The van der Waals surface area contributed by atoms with Crippen LogP contribution in [0.2, 0.25) is 0 Å². The molecule has 0 unspecified atom stereocenters. The number of hydrogen-bond acceptors (Lipinski definition) is 4. The zero-order valence-corrected chi connectivity index (χ0v) is 16.4. The fraction of sp³-hybridized carbons (Fsp3) is 1.00. The first kappa shape index (κ1) is 17.7. The first-order valence-corrected chi connectivity index (χ1v) is 9.52. The highest BCUT2D eigenvalue weighted by Gasteiger charge is 2.53. The highest BCUT2D eigenvalue weighted by molar-refractivity contribution is 5.08. The third-order valence-electron chi connectivity index (χ3n) is 6.17. The molecule has 0 atom stereocenters. The Labute approximate surface area is 143 Å². The van der Waals surface area contributed by atoms with Gasteiger partial charge in [0.15, 0.2) is 0 Å². The predicted octanol–water partition coefficient (Wildman–Crippen LogP) is 1.82. The fourth-order valence-electron chi connectivity index (χ4n) is 4.42. The molecule has 3 heterocycles. The van der Waals surface area contributed by atoms with E-state index in [4.69, 9.17) is 0 Å². The molecule has 4 heteroatoms. The van der Waals surface area contributed by atoms with Gasteiger partial charge < -0.3 is 4.90 Å². The van der Waals surface area contributed by atoms with Crippen molar-refractivity contribution in [2.45, 2.75) is 52.6 Å². The van der Waals surface area contributed by atoms with E-state index in [0.717, 1.165) is 0 Å². The van der Waals surface area contributed by atoms with Crippen molar-refractivity contribution in [2.24, 2.45) is 5.41 Å². The van der Waals surface area contributed by atoms with Gasteiger partial charge in [-0.15, -0.1) is 0 Å². The van der Waals surface area contributed by atoms with Gasteiger partial charge in [-0.2, -0.15) is 0 Å². The Bertz CT molecular complexity index is 398. The fourth-order valence-corrected chi connectivity index (χ4v) is 4.42. The van der Waals surface area contributed by atoms with Crippen LogP contribution >= 0.6 is 0 Å². The third kappa shape index (κ3) is 3.92. The number of hydrogen-bond donors (Lipinski definition) is 0. The molecule has 0 aromatic heterocycles. The molecule has 0 saturated carbocycles. The second-order valence-corrected chi connectivity index (χ2v) is 10.2. The summed E-state index contributed by atoms with van der Waals surface area (Å²) in [6.07, 6.45) is 0. The molecular weight excluding hydrogens is 284 g/mol. The van der Waals surface area contributed by atoms with Crippen molar-refractivity contribution >= 4 is 0 Å². The van der Waals surface area contributed by atoms with Crippen LogP contribution in [0.5, 0.6) is 0 Å². The molecule has 3 rings (SSSR count). The van der Waals surface area contributed by atoms with Gasteiger partial charge in [0, 0.05) is 81.9 Å². The Morgan fingerprint density at radius 1 is 0.609 bits per heavy atom. The van der Waals surface area contributed by atoms with Gasteiger partial charge in [0.05, 0.1) is 0 Å². The van der Waals surface area contributed by atoms with Crippen molar-refractivity contribution in [3.05, 3.63) is 0 Å². The third-order valence-corrected chi connectivity index (χ3v) is 6.17. The monoisotopic (exact) mass is 322 g/mol. The molecule has 1 spiro atoms. The molecule has 3 fully saturated rings. The van der Waals surface area contributed by atoms with Crippen LogP contribution in [0.25, 0.3) is 0 Å². The minimum absolute atomic E-state index is 0.332. The average molecular weight is 323 g/mol. The summed E-state index contributed by atoms with van der Waals surface area (Å²) in [6, 6.07) is 0. The van der Waals surface area contributed by atoms with Gasteiger partial charge in [-0.25, -0.2) is 0 Å². The van der Waals surface area contributed by atoms with Gasteiger partial charge >= 0.3 is 0 Å². The van der Waals surface area contributed by atoms with E-state index in [-0.39, 0.29) is 0 Å². The van der Waals surface area contributed by atoms with Crippen LogP contribution in [-0.4, -0.2) is 96.1 Å².